The van der Waals surface area contributed by atoms with Gasteiger partial charge in [-0.15, -0.1) is 11.6 Å². The number of hydrogen-bond donors (Lipinski definition) is 2. The molecule has 17 heavy (non-hydrogen) atoms. The molecule has 0 spiro atoms. The molecular weight excluding hydrogens is 259 g/mol. The molecule has 1 unspecified atom stereocenters. The Labute approximate surface area is 100 Å². The summed E-state index contributed by atoms with van der Waals surface area (Å²) in [6.07, 6.45) is 0. The highest BCUT2D eigenvalue weighted by atomic mass is 35.5. The van der Waals surface area contributed by atoms with E-state index in [1.54, 1.807) is 6.92 Å². The van der Waals surface area contributed by atoms with Gasteiger partial charge in [0, 0.05) is 11.9 Å². The van der Waals surface area contributed by atoms with E-state index in [1.807, 2.05) is 0 Å². The fraction of sp³-hybridized carbons (Fsp3) is 0.300. The van der Waals surface area contributed by atoms with E-state index < -0.39 is 40.0 Å². The summed E-state index contributed by atoms with van der Waals surface area (Å²) in [4.78, 5) is 11.4. The van der Waals surface area contributed by atoms with Crippen molar-refractivity contribution in [1.82, 2.24) is 5.32 Å². The first-order chi connectivity index (χ1) is 7.84. The summed E-state index contributed by atoms with van der Waals surface area (Å²) in [5.41, 5.74) is -0.779. The van der Waals surface area contributed by atoms with Gasteiger partial charge in [0.2, 0.25) is 5.82 Å². The molecule has 0 aliphatic carbocycles. The van der Waals surface area contributed by atoms with Gasteiger partial charge in [0.15, 0.2) is 17.4 Å². The van der Waals surface area contributed by atoms with E-state index in [2.05, 4.69) is 5.32 Å². The van der Waals surface area contributed by atoms with Gasteiger partial charge >= 0.3 is 0 Å². The molecule has 0 aromatic heterocycles. The predicted octanol–water partition coefficient (Wildman–Crippen LogP) is 2.17. The van der Waals surface area contributed by atoms with E-state index in [0.717, 1.165) is 0 Å². The van der Waals surface area contributed by atoms with Gasteiger partial charge in [-0.2, -0.15) is 4.39 Å². The van der Waals surface area contributed by atoms with Crippen LogP contribution in [0.25, 0.3) is 0 Å². The standard InChI is InChI=1S/C10H9ClF3NO2/c1-4(11)3-15-10(17)5-2-6(12)8(14)9(16)7(5)13/h2,4,16H,3H2,1H3,(H,15,17). The van der Waals surface area contributed by atoms with E-state index >= 15 is 0 Å². The van der Waals surface area contributed by atoms with Crippen LogP contribution in [0.2, 0.25) is 0 Å². The Kier molecular flexibility index (Phi) is 4.22. The first-order valence-electron chi connectivity index (χ1n) is 4.63. The van der Waals surface area contributed by atoms with Crippen molar-refractivity contribution in [2.45, 2.75) is 12.3 Å². The Bertz CT molecular complexity index is 452. The van der Waals surface area contributed by atoms with E-state index in [4.69, 9.17) is 16.7 Å². The number of alkyl halides is 1. The van der Waals surface area contributed by atoms with Crippen LogP contribution in [0, 0.1) is 17.5 Å². The monoisotopic (exact) mass is 267 g/mol. The third-order valence-electron chi connectivity index (χ3n) is 1.92. The van der Waals surface area contributed by atoms with Gasteiger partial charge in [0.1, 0.15) is 0 Å². The number of nitrogens with one attached hydrogen (secondary N) is 1. The van der Waals surface area contributed by atoms with Crippen LogP contribution in [-0.2, 0) is 0 Å². The quantitative estimate of drug-likeness (QED) is 0.651. The molecule has 1 atom stereocenters. The van der Waals surface area contributed by atoms with Gasteiger partial charge in [-0.25, -0.2) is 8.78 Å². The zero-order valence-electron chi connectivity index (χ0n) is 8.73. The van der Waals surface area contributed by atoms with E-state index in [9.17, 15) is 18.0 Å². The third-order valence-corrected chi connectivity index (χ3v) is 2.08. The lowest BCUT2D eigenvalue weighted by molar-refractivity contribution is 0.0948. The van der Waals surface area contributed by atoms with Crippen LogP contribution in [0.5, 0.6) is 5.75 Å². The van der Waals surface area contributed by atoms with Gasteiger partial charge < -0.3 is 10.4 Å². The molecule has 7 heteroatoms. The maximum Gasteiger partial charge on any atom is 0.254 e. The SMILES string of the molecule is CC(Cl)CNC(=O)c1cc(F)c(F)c(O)c1F. The molecule has 0 fully saturated rings. The average Bonchev–Trinajstić information content (AvgIpc) is 2.28. The van der Waals surface area contributed by atoms with Gasteiger partial charge in [-0.3, -0.25) is 4.79 Å². The molecule has 1 aromatic carbocycles. The van der Waals surface area contributed by atoms with Crippen molar-refractivity contribution in [3.05, 3.63) is 29.1 Å². The molecule has 0 bridgehead atoms. The van der Waals surface area contributed by atoms with Gasteiger partial charge in [0.25, 0.3) is 5.91 Å². The number of phenols is 1. The van der Waals surface area contributed by atoms with Crippen LogP contribution >= 0.6 is 11.6 Å². The summed E-state index contributed by atoms with van der Waals surface area (Å²) >= 11 is 5.54. The summed E-state index contributed by atoms with van der Waals surface area (Å²) in [6.45, 7) is 1.61. The first-order valence-corrected chi connectivity index (χ1v) is 5.07. The maximum atomic E-state index is 13.3. The zero-order valence-corrected chi connectivity index (χ0v) is 9.49. The minimum absolute atomic E-state index is 0.0274. The number of rotatable bonds is 3. The molecule has 1 rings (SSSR count). The largest absolute Gasteiger partial charge is 0.503 e. The van der Waals surface area contributed by atoms with E-state index in [1.165, 1.54) is 0 Å². The highest BCUT2D eigenvalue weighted by Crippen LogP contribution is 2.25. The minimum atomic E-state index is -1.73. The fourth-order valence-electron chi connectivity index (χ4n) is 1.08. The molecule has 0 heterocycles. The van der Waals surface area contributed by atoms with Crippen molar-refractivity contribution in [2.24, 2.45) is 0 Å². The second kappa shape index (κ2) is 5.27. The number of aromatic hydroxyl groups is 1. The van der Waals surface area contributed by atoms with Crippen molar-refractivity contribution < 1.29 is 23.1 Å². The van der Waals surface area contributed by atoms with Crippen LogP contribution in [-0.4, -0.2) is 22.9 Å². The normalized spacial score (nSPS) is 12.3. The summed E-state index contributed by atoms with van der Waals surface area (Å²) in [5, 5.41) is 10.7. The predicted molar refractivity (Wildman–Crippen MR) is 55.6 cm³/mol. The van der Waals surface area contributed by atoms with Gasteiger partial charge in [-0.05, 0) is 13.0 Å². The fourth-order valence-corrected chi connectivity index (χ4v) is 1.16. The Morgan fingerprint density at radius 1 is 1.47 bits per heavy atom. The number of amides is 1. The van der Waals surface area contributed by atoms with Crippen molar-refractivity contribution in [3.63, 3.8) is 0 Å². The maximum absolute atomic E-state index is 13.3. The third kappa shape index (κ3) is 3.03. The number of carbonyl (C=O) groups is 1. The number of phenolic OH excluding ortho intramolecular Hbond substituents is 1. The summed E-state index contributed by atoms with van der Waals surface area (Å²) in [5.74, 6) is -7.25. The molecule has 0 saturated carbocycles. The summed E-state index contributed by atoms with van der Waals surface area (Å²) in [6, 6.07) is 0.374. The molecule has 94 valence electrons. The molecule has 0 radical (unpaired) electrons. The van der Waals surface area contributed by atoms with Crippen LogP contribution < -0.4 is 5.32 Å². The lowest BCUT2D eigenvalue weighted by Gasteiger charge is -2.08. The van der Waals surface area contributed by atoms with Crippen LogP contribution in [0.4, 0.5) is 13.2 Å². The summed E-state index contributed by atoms with van der Waals surface area (Å²) < 4.78 is 38.9. The number of halogens is 4. The average molecular weight is 268 g/mol. The minimum Gasteiger partial charge on any atom is -0.503 e. The molecule has 0 aliphatic heterocycles. The molecule has 1 amide bonds. The highest BCUT2D eigenvalue weighted by Gasteiger charge is 2.22. The Balaban J connectivity index is 3.02. The second-order valence-electron chi connectivity index (χ2n) is 3.37. The van der Waals surface area contributed by atoms with Gasteiger partial charge in [0.05, 0.1) is 5.56 Å². The van der Waals surface area contributed by atoms with Crippen molar-refractivity contribution in [3.8, 4) is 5.75 Å². The topological polar surface area (TPSA) is 49.3 Å². The molecule has 2 N–H and O–H groups in total. The van der Waals surface area contributed by atoms with Crippen molar-refractivity contribution >= 4 is 17.5 Å². The zero-order chi connectivity index (χ0) is 13.2. The Morgan fingerprint density at radius 2 is 2.06 bits per heavy atom. The van der Waals surface area contributed by atoms with E-state index in [-0.39, 0.29) is 6.54 Å². The van der Waals surface area contributed by atoms with Gasteiger partial charge in [-0.1, -0.05) is 0 Å². The highest BCUT2D eigenvalue weighted by molar-refractivity contribution is 6.20. The lowest BCUT2D eigenvalue weighted by Crippen LogP contribution is -2.29. The number of hydrogen-bond acceptors (Lipinski definition) is 2. The second-order valence-corrected chi connectivity index (χ2v) is 4.12. The molecule has 1 aromatic rings. The summed E-state index contributed by atoms with van der Waals surface area (Å²) in [7, 11) is 0. The smallest absolute Gasteiger partial charge is 0.254 e. The van der Waals surface area contributed by atoms with Crippen molar-refractivity contribution in [1.29, 1.82) is 0 Å². The lowest BCUT2D eigenvalue weighted by atomic mass is 10.1. The van der Waals surface area contributed by atoms with Crippen LogP contribution in [0.3, 0.4) is 0 Å². The molecule has 3 nitrogen and oxygen atoms in total. The number of benzene rings is 1. The number of carbonyl (C=O) groups excluding carboxylic acids is 1. The molecule has 0 aliphatic rings. The first kappa shape index (κ1) is 13.6. The Morgan fingerprint density at radius 3 is 2.59 bits per heavy atom. The van der Waals surface area contributed by atoms with Crippen LogP contribution in [0.15, 0.2) is 6.07 Å². The molecule has 0 saturated heterocycles. The Hall–Kier alpha value is -1.43. The van der Waals surface area contributed by atoms with E-state index in [0.29, 0.717) is 6.07 Å². The van der Waals surface area contributed by atoms with Crippen LogP contribution in [0.1, 0.15) is 17.3 Å². The van der Waals surface area contributed by atoms with Crippen molar-refractivity contribution in [2.75, 3.05) is 6.54 Å². The molecular formula is C10H9ClF3NO2.